The Balaban J connectivity index is 1.61. The summed E-state index contributed by atoms with van der Waals surface area (Å²) in [6, 6.07) is 1.83. The second kappa shape index (κ2) is 7.12. The third-order valence-corrected chi connectivity index (χ3v) is 3.27. The molecule has 4 N–H and O–H groups in total. The highest BCUT2D eigenvalue weighted by Gasteiger charge is 2.19. The number of hydrogen-bond acceptors (Lipinski definition) is 4. The van der Waals surface area contributed by atoms with Gasteiger partial charge in [-0.2, -0.15) is 0 Å². The molecule has 1 aliphatic rings. The van der Waals surface area contributed by atoms with Crippen LogP contribution in [0.15, 0.2) is 10.5 Å². The number of nitrogens with one attached hydrogen (secondary N) is 3. The first kappa shape index (κ1) is 15.4. The lowest BCUT2D eigenvalue weighted by Crippen LogP contribution is -2.36. The zero-order chi connectivity index (χ0) is 15.2. The smallest absolute Gasteiger partial charge is 0.339 e. The monoisotopic (exact) mass is 295 g/mol. The van der Waals surface area contributed by atoms with Crippen LogP contribution in [0.4, 0.5) is 4.79 Å². The molecule has 0 unspecified atom stereocenters. The number of aryl methyl sites for hydroxylation is 1. The molecular formula is C14H21N3O4. The molecule has 1 fully saturated rings. The highest BCUT2D eigenvalue weighted by atomic mass is 16.4. The molecule has 0 spiro atoms. The van der Waals surface area contributed by atoms with Crippen LogP contribution in [0.25, 0.3) is 0 Å². The van der Waals surface area contributed by atoms with Crippen LogP contribution in [0.5, 0.6) is 0 Å². The number of carboxylic acid groups (broad SMARTS) is 1. The number of carbonyl (C=O) groups excluding carboxylic acids is 1. The first-order valence-electron chi connectivity index (χ1n) is 7.14. The minimum Gasteiger partial charge on any atom is -0.478 e. The average molecular weight is 295 g/mol. The summed E-state index contributed by atoms with van der Waals surface area (Å²) in [6.07, 6.45) is 3.40. The van der Waals surface area contributed by atoms with Gasteiger partial charge in [0.25, 0.3) is 0 Å². The molecule has 116 valence electrons. The first-order chi connectivity index (χ1) is 10.1. The van der Waals surface area contributed by atoms with E-state index in [9.17, 15) is 9.59 Å². The third-order valence-electron chi connectivity index (χ3n) is 3.27. The maximum Gasteiger partial charge on any atom is 0.339 e. The molecule has 1 saturated carbocycles. The molecule has 7 nitrogen and oxygen atoms in total. The molecule has 21 heavy (non-hydrogen) atoms. The van der Waals surface area contributed by atoms with Crippen molar-refractivity contribution in [3.05, 3.63) is 23.2 Å². The molecule has 0 radical (unpaired) electrons. The largest absolute Gasteiger partial charge is 0.478 e. The van der Waals surface area contributed by atoms with Crippen molar-refractivity contribution in [1.29, 1.82) is 0 Å². The molecule has 0 aromatic carbocycles. The van der Waals surface area contributed by atoms with Crippen molar-refractivity contribution in [2.45, 2.75) is 38.8 Å². The number of urea groups is 1. The Hall–Kier alpha value is -2.02. The van der Waals surface area contributed by atoms with E-state index >= 15 is 0 Å². The lowest BCUT2D eigenvalue weighted by molar-refractivity contribution is 0.0695. The summed E-state index contributed by atoms with van der Waals surface area (Å²) in [5, 5.41) is 17.6. The van der Waals surface area contributed by atoms with Crippen molar-refractivity contribution in [3.8, 4) is 0 Å². The molecular weight excluding hydrogens is 274 g/mol. The van der Waals surface area contributed by atoms with Crippen LogP contribution < -0.4 is 16.0 Å². The van der Waals surface area contributed by atoms with Crippen molar-refractivity contribution in [2.75, 3.05) is 13.1 Å². The molecule has 0 bridgehead atoms. The Morgan fingerprint density at radius 3 is 2.71 bits per heavy atom. The third kappa shape index (κ3) is 5.11. The van der Waals surface area contributed by atoms with Crippen LogP contribution in [-0.4, -0.2) is 36.2 Å². The maximum atomic E-state index is 11.6. The van der Waals surface area contributed by atoms with Crippen LogP contribution >= 0.6 is 0 Å². The molecule has 1 aliphatic carbocycles. The fourth-order valence-corrected chi connectivity index (χ4v) is 1.96. The van der Waals surface area contributed by atoms with Crippen molar-refractivity contribution in [1.82, 2.24) is 16.0 Å². The lowest BCUT2D eigenvalue weighted by Gasteiger charge is -2.06. The summed E-state index contributed by atoms with van der Waals surface area (Å²) in [5.74, 6) is -0.267. The van der Waals surface area contributed by atoms with Crippen LogP contribution in [0.1, 0.15) is 41.1 Å². The summed E-state index contributed by atoms with van der Waals surface area (Å²) in [5.41, 5.74) is 0.123. The Kier molecular flexibility index (Phi) is 5.21. The lowest BCUT2D eigenvalue weighted by atomic mass is 10.2. The van der Waals surface area contributed by atoms with Gasteiger partial charge in [0.2, 0.25) is 0 Å². The molecule has 2 amide bonds. The van der Waals surface area contributed by atoms with E-state index in [1.54, 1.807) is 6.92 Å². The molecule has 1 heterocycles. The van der Waals surface area contributed by atoms with Gasteiger partial charge >= 0.3 is 12.0 Å². The number of rotatable bonds is 8. The van der Waals surface area contributed by atoms with Crippen molar-refractivity contribution in [2.24, 2.45) is 0 Å². The van der Waals surface area contributed by atoms with Gasteiger partial charge in [-0.3, -0.25) is 0 Å². The fraction of sp³-hybridized carbons (Fsp3) is 0.571. The Labute approximate surface area is 123 Å². The van der Waals surface area contributed by atoms with Gasteiger partial charge in [0.05, 0.1) is 6.54 Å². The standard InChI is InChI=1S/C14H21N3O4/c1-9-12(13(18)19)7-11(21-9)8-17-14(20)16-6-2-5-15-10-3-4-10/h7,10,15H,2-6,8H2,1H3,(H,18,19)(H2,16,17,20). The highest BCUT2D eigenvalue weighted by Crippen LogP contribution is 2.18. The zero-order valence-corrected chi connectivity index (χ0v) is 12.1. The van der Waals surface area contributed by atoms with Crippen molar-refractivity contribution in [3.63, 3.8) is 0 Å². The van der Waals surface area contributed by atoms with Gasteiger partial charge in [-0.25, -0.2) is 9.59 Å². The van der Waals surface area contributed by atoms with E-state index in [0.717, 1.165) is 13.0 Å². The number of hydrogen-bond donors (Lipinski definition) is 4. The minimum absolute atomic E-state index is 0.123. The van der Waals surface area contributed by atoms with Gasteiger partial charge in [0, 0.05) is 12.6 Å². The molecule has 1 aromatic heterocycles. The minimum atomic E-state index is -1.03. The summed E-state index contributed by atoms with van der Waals surface area (Å²) < 4.78 is 5.27. The quantitative estimate of drug-likeness (QED) is 0.540. The molecule has 2 rings (SSSR count). The van der Waals surface area contributed by atoms with E-state index in [1.807, 2.05) is 0 Å². The summed E-state index contributed by atoms with van der Waals surface area (Å²) >= 11 is 0. The van der Waals surface area contributed by atoms with E-state index in [0.29, 0.717) is 24.1 Å². The Morgan fingerprint density at radius 1 is 1.33 bits per heavy atom. The second-order valence-corrected chi connectivity index (χ2v) is 5.18. The Bertz CT molecular complexity index is 508. The predicted octanol–water partition coefficient (Wildman–Crippen LogP) is 1.23. The van der Waals surface area contributed by atoms with Crippen LogP contribution in [-0.2, 0) is 6.54 Å². The van der Waals surface area contributed by atoms with Crippen molar-refractivity contribution < 1.29 is 19.1 Å². The predicted molar refractivity (Wildman–Crippen MR) is 76.3 cm³/mol. The number of aromatic carboxylic acids is 1. The highest BCUT2D eigenvalue weighted by molar-refractivity contribution is 5.88. The van der Waals surface area contributed by atoms with E-state index in [1.165, 1.54) is 18.9 Å². The number of amides is 2. The SMILES string of the molecule is Cc1oc(CNC(=O)NCCCNC2CC2)cc1C(=O)O. The van der Waals surface area contributed by atoms with Crippen LogP contribution in [0.2, 0.25) is 0 Å². The van der Waals surface area contributed by atoms with Gasteiger partial charge in [-0.1, -0.05) is 0 Å². The van der Waals surface area contributed by atoms with E-state index in [2.05, 4.69) is 16.0 Å². The van der Waals surface area contributed by atoms with Gasteiger partial charge in [-0.05, 0) is 38.8 Å². The van der Waals surface area contributed by atoms with Crippen LogP contribution in [0, 0.1) is 6.92 Å². The molecule has 7 heteroatoms. The van der Waals surface area contributed by atoms with Gasteiger partial charge in [0.15, 0.2) is 0 Å². The maximum absolute atomic E-state index is 11.6. The van der Waals surface area contributed by atoms with E-state index in [-0.39, 0.29) is 18.1 Å². The normalized spacial score (nSPS) is 14.0. The first-order valence-corrected chi connectivity index (χ1v) is 7.14. The molecule has 1 aromatic rings. The number of furan rings is 1. The topological polar surface area (TPSA) is 104 Å². The fourth-order valence-electron chi connectivity index (χ4n) is 1.96. The number of carbonyl (C=O) groups is 2. The van der Waals surface area contributed by atoms with Gasteiger partial charge < -0.3 is 25.5 Å². The zero-order valence-electron chi connectivity index (χ0n) is 12.1. The average Bonchev–Trinajstić information content (AvgIpc) is 3.17. The molecule has 0 aliphatic heterocycles. The van der Waals surface area contributed by atoms with E-state index < -0.39 is 5.97 Å². The summed E-state index contributed by atoms with van der Waals surface area (Å²) in [4.78, 5) is 22.4. The van der Waals surface area contributed by atoms with Crippen molar-refractivity contribution >= 4 is 12.0 Å². The second-order valence-electron chi connectivity index (χ2n) is 5.18. The molecule has 0 atom stereocenters. The van der Waals surface area contributed by atoms with E-state index in [4.69, 9.17) is 9.52 Å². The van der Waals surface area contributed by atoms with Crippen LogP contribution in [0.3, 0.4) is 0 Å². The summed E-state index contributed by atoms with van der Waals surface area (Å²) in [6.45, 7) is 3.26. The summed E-state index contributed by atoms with van der Waals surface area (Å²) in [7, 11) is 0. The molecule has 0 saturated heterocycles. The van der Waals surface area contributed by atoms with Gasteiger partial charge in [-0.15, -0.1) is 0 Å². The number of carboxylic acids is 1. The van der Waals surface area contributed by atoms with Gasteiger partial charge in [0.1, 0.15) is 17.1 Å². The Morgan fingerprint density at radius 2 is 2.10 bits per heavy atom.